The van der Waals surface area contributed by atoms with Gasteiger partial charge in [0.1, 0.15) is 0 Å². The molecular weight excluding hydrogens is 302 g/mol. The van der Waals surface area contributed by atoms with Crippen LogP contribution in [0.2, 0.25) is 0 Å². The van der Waals surface area contributed by atoms with Gasteiger partial charge in [0.25, 0.3) is 0 Å². The number of carbonyl (C=O) groups excluding carboxylic acids is 1. The van der Waals surface area contributed by atoms with E-state index >= 15 is 0 Å². The third-order valence-electron chi connectivity index (χ3n) is 3.65. The van der Waals surface area contributed by atoms with Crippen molar-refractivity contribution in [2.75, 3.05) is 13.1 Å². The van der Waals surface area contributed by atoms with E-state index in [1.807, 2.05) is 24.3 Å². The summed E-state index contributed by atoms with van der Waals surface area (Å²) in [6.45, 7) is 4.28. The molecule has 0 aliphatic heterocycles. The van der Waals surface area contributed by atoms with Crippen LogP contribution >= 0.6 is 15.9 Å². The zero-order chi connectivity index (χ0) is 13.7. The van der Waals surface area contributed by atoms with E-state index in [0.717, 1.165) is 29.2 Å². The zero-order valence-corrected chi connectivity index (χ0v) is 13.2. The minimum Gasteiger partial charge on any atom is -0.300 e. The molecule has 0 atom stereocenters. The standard InChI is InChI=1S/C16H22BrNO/c1-2-3-11-18(15-8-9-15)12-10-16(19)13-4-6-14(17)7-5-13/h4-7,15H,2-3,8-12H2,1H3. The molecule has 3 heteroatoms. The molecule has 0 heterocycles. The highest BCUT2D eigenvalue weighted by molar-refractivity contribution is 9.10. The Kier molecular flexibility index (Phi) is 5.59. The number of hydrogen-bond acceptors (Lipinski definition) is 2. The van der Waals surface area contributed by atoms with Crippen molar-refractivity contribution in [2.45, 2.75) is 45.1 Å². The lowest BCUT2D eigenvalue weighted by Crippen LogP contribution is -2.29. The van der Waals surface area contributed by atoms with E-state index in [9.17, 15) is 4.79 Å². The molecule has 1 saturated carbocycles. The summed E-state index contributed by atoms with van der Waals surface area (Å²) < 4.78 is 1.02. The average Bonchev–Trinajstić information content (AvgIpc) is 3.24. The molecule has 104 valence electrons. The van der Waals surface area contributed by atoms with E-state index in [1.165, 1.54) is 25.7 Å². The van der Waals surface area contributed by atoms with Crippen molar-refractivity contribution < 1.29 is 4.79 Å². The number of rotatable bonds is 8. The molecule has 0 saturated heterocycles. The van der Waals surface area contributed by atoms with Crippen molar-refractivity contribution in [3.63, 3.8) is 0 Å². The number of unbranched alkanes of at least 4 members (excludes halogenated alkanes) is 1. The summed E-state index contributed by atoms with van der Waals surface area (Å²) in [4.78, 5) is 14.6. The first-order valence-electron chi connectivity index (χ1n) is 7.23. The van der Waals surface area contributed by atoms with Crippen LogP contribution in [0.3, 0.4) is 0 Å². The lowest BCUT2D eigenvalue weighted by molar-refractivity contribution is 0.0962. The van der Waals surface area contributed by atoms with Crippen molar-refractivity contribution >= 4 is 21.7 Å². The number of ketones is 1. The summed E-state index contributed by atoms with van der Waals surface area (Å²) in [5, 5.41) is 0. The topological polar surface area (TPSA) is 20.3 Å². The molecule has 1 aliphatic rings. The lowest BCUT2D eigenvalue weighted by atomic mass is 10.1. The van der Waals surface area contributed by atoms with Gasteiger partial charge < -0.3 is 0 Å². The fraction of sp³-hybridized carbons (Fsp3) is 0.562. The van der Waals surface area contributed by atoms with Gasteiger partial charge in [0.15, 0.2) is 5.78 Å². The summed E-state index contributed by atoms with van der Waals surface area (Å²) in [5.41, 5.74) is 0.828. The fourth-order valence-electron chi connectivity index (χ4n) is 2.30. The van der Waals surface area contributed by atoms with E-state index in [4.69, 9.17) is 0 Å². The van der Waals surface area contributed by atoms with Crippen LogP contribution in [-0.2, 0) is 0 Å². The summed E-state index contributed by atoms with van der Waals surface area (Å²) in [5.74, 6) is 0.259. The first kappa shape index (κ1) is 14.7. The van der Waals surface area contributed by atoms with Gasteiger partial charge in [0.2, 0.25) is 0 Å². The highest BCUT2D eigenvalue weighted by Gasteiger charge is 2.28. The average molecular weight is 324 g/mol. The predicted molar refractivity (Wildman–Crippen MR) is 82.6 cm³/mol. The Morgan fingerprint density at radius 2 is 1.95 bits per heavy atom. The van der Waals surface area contributed by atoms with Crippen LogP contribution < -0.4 is 0 Å². The fourth-order valence-corrected chi connectivity index (χ4v) is 2.57. The van der Waals surface area contributed by atoms with Crippen LogP contribution in [0.1, 0.15) is 49.4 Å². The molecule has 1 aromatic carbocycles. The summed E-state index contributed by atoms with van der Waals surface area (Å²) in [7, 11) is 0. The molecule has 2 rings (SSSR count). The number of Topliss-reactive ketones (excluding diaryl/α,β-unsaturated/α-hetero) is 1. The number of halogens is 1. The number of hydrogen-bond donors (Lipinski definition) is 0. The minimum absolute atomic E-state index is 0.259. The Morgan fingerprint density at radius 3 is 2.53 bits per heavy atom. The van der Waals surface area contributed by atoms with Crippen molar-refractivity contribution in [3.05, 3.63) is 34.3 Å². The summed E-state index contributed by atoms with van der Waals surface area (Å²) in [6, 6.07) is 8.43. The highest BCUT2D eigenvalue weighted by Crippen LogP contribution is 2.27. The first-order valence-corrected chi connectivity index (χ1v) is 8.03. The van der Waals surface area contributed by atoms with Crippen molar-refractivity contribution in [1.82, 2.24) is 4.90 Å². The van der Waals surface area contributed by atoms with Gasteiger partial charge in [0, 0.05) is 29.0 Å². The largest absolute Gasteiger partial charge is 0.300 e. The highest BCUT2D eigenvalue weighted by atomic mass is 79.9. The molecule has 19 heavy (non-hydrogen) atoms. The van der Waals surface area contributed by atoms with Gasteiger partial charge in [-0.25, -0.2) is 0 Å². The molecule has 0 unspecified atom stereocenters. The number of nitrogens with zero attached hydrogens (tertiary/aromatic N) is 1. The molecular formula is C16H22BrNO. The van der Waals surface area contributed by atoms with Crippen LogP contribution in [0.4, 0.5) is 0 Å². The van der Waals surface area contributed by atoms with Gasteiger partial charge in [-0.05, 0) is 37.9 Å². The smallest absolute Gasteiger partial charge is 0.164 e. The maximum atomic E-state index is 12.1. The molecule has 1 aromatic rings. The Morgan fingerprint density at radius 1 is 1.26 bits per heavy atom. The Labute approximate surface area is 124 Å². The van der Waals surface area contributed by atoms with Crippen molar-refractivity contribution in [3.8, 4) is 0 Å². The Balaban J connectivity index is 1.82. The molecule has 0 aromatic heterocycles. The van der Waals surface area contributed by atoms with Crippen molar-refractivity contribution in [2.24, 2.45) is 0 Å². The van der Waals surface area contributed by atoms with Gasteiger partial charge in [-0.1, -0.05) is 41.4 Å². The molecule has 2 nitrogen and oxygen atoms in total. The maximum absolute atomic E-state index is 12.1. The minimum atomic E-state index is 0.259. The van der Waals surface area contributed by atoms with E-state index in [-0.39, 0.29) is 5.78 Å². The predicted octanol–water partition coefficient (Wildman–Crippen LogP) is 4.29. The second-order valence-corrected chi connectivity index (χ2v) is 6.22. The molecule has 0 bridgehead atoms. The monoisotopic (exact) mass is 323 g/mol. The second kappa shape index (κ2) is 7.20. The molecule has 0 radical (unpaired) electrons. The molecule has 1 fully saturated rings. The van der Waals surface area contributed by atoms with Gasteiger partial charge in [0.05, 0.1) is 0 Å². The van der Waals surface area contributed by atoms with Crippen LogP contribution in [0.15, 0.2) is 28.7 Å². The van der Waals surface area contributed by atoms with E-state index in [0.29, 0.717) is 6.42 Å². The SMILES string of the molecule is CCCCN(CCC(=O)c1ccc(Br)cc1)C1CC1. The summed E-state index contributed by atoms with van der Waals surface area (Å²) >= 11 is 3.39. The normalized spacial score (nSPS) is 14.9. The third-order valence-corrected chi connectivity index (χ3v) is 4.18. The van der Waals surface area contributed by atoms with E-state index in [2.05, 4.69) is 27.8 Å². The lowest BCUT2D eigenvalue weighted by Gasteiger charge is -2.21. The molecule has 1 aliphatic carbocycles. The Bertz CT molecular complexity index is 411. The van der Waals surface area contributed by atoms with Crippen LogP contribution in [-0.4, -0.2) is 29.8 Å². The van der Waals surface area contributed by atoms with Crippen LogP contribution in [0.5, 0.6) is 0 Å². The maximum Gasteiger partial charge on any atom is 0.164 e. The third kappa shape index (κ3) is 4.73. The van der Waals surface area contributed by atoms with E-state index in [1.54, 1.807) is 0 Å². The molecule has 0 amide bonds. The quantitative estimate of drug-likeness (QED) is 0.665. The van der Waals surface area contributed by atoms with Gasteiger partial charge in [-0.2, -0.15) is 0 Å². The van der Waals surface area contributed by atoms with Gasteiger partial charge >= 0.3 is 0 Å². The van der Waals surface area contributed by atoms with Gasteiger partial charge in [-0.15, -0.1) is 0 Å². The summed E-state index contributed by atoms with van der Waals surface area (Å²) in [6.07, 6.45) is 5.74. The number of carbonyl (C=O) groups is 1. The zero-order valence-electron chi connectivity index (χ0n) is 11.6. The first-order chi connectivity index (χ1) is 9.20. The molecule has 0 N–H and O–H groups in total. The van der Waals surface area contributed by atoms with Crippen LogP contribution in [0.25, 0.3) is 0 Å². The van der Waals surface area contributed by atoms with Gasteiger partial charge in [-0.3, -0.25) is 9.69 Å². The van der Waals surface area contributed by atoms with Crippen LogP contribution in [0, 0.1) is 0 Å². The number of benzene rings is 1. The molecule has 0 spiro atoms. The van der Waals surface area contributed by atoms with Crippen molar-refractivity contribution in [1.29, 1.82) is 0 Å². The Hall–Kier alpha value is -0.670. The second-order valence-electron chi connectivity index (χ2n) is 5.30. The van der Waals surface area contributed by atoms with E-state index < -0.39 is 0 Å².